The summed E-state index contributed by atoms with van der Waals surface area (Å²) in [5.74, 6) is 0.991. The number of hydrogen-bond acceptors (Lipinski definition) is 5. The van der Waals surface area contributed by atoms with Gasteiger partial charge in [-0.15, -0.1) is 0 Å². The predicted molar refractivity (Wildman–Crippen MR) is 137 cm³/mol. The number of nitrogens with zero attached hydrogens (tertiary/aromatic N) is 2. The van der Waals surface area contributed by atoms with Crippen molar-refractivity contribution in [2.45, 2.75) is 44.0 Å². The molecule has 186 valence electrons. The van der Waals surface area contributed by atoms with Gasteiger partial charge in [-0.1, -0.05) is 25.0 Å². The molecule has 0 aliphatic heterocycles. The van der Waals surface area contributed by atoms with Crippen molar-refractivity contribution >= 4 is 20.7 Å². The van der Waals surface area contributed by atoms with E-state index < -0.39 is 15.4 Å². The fourth-order valence-electron chi connectivity index (χ4n) is 4.78. The lowest BCUT2D eigenvalue weighted by molar-refractivity contribution is 0.482. The average molecular weight is 507 g/mol. The van der Waals surface area contributed by atoms with Crippen LogP contribution in [0.3, 0.4) is 0 Å². The molecule has 8 heteroatoms. The van der Waals surface area contributed by atoms with Crippen LogP contribution in [0.15, 0.2) is 76.7 Å². The van der Waals surface area contributed by atoms with Crippen LogP contribution in [0.1, 0.15) is 36.8 Å². The Balaban J connectivity index is 1.36. The number of hydrogen-bond donors (Lipinski definition) is 0. The number of halogens is 1. The SMILES string of the molecule is Cc1ccc(Cn2cnc(=O)c3cc(Oc4ccc(S(=O)(=O)CC5CCCC5)cc4)ccc32)c(F)c1. The van der Waals surface area contributed by atoms with Crippen molar-refractivity contribution in [3.05, 3.63) is 94.3 Å². The first-order valence-corrected chi connectivity index (χ1v) is 13.7. The van der Waals surface area contributed by atoms with Gasteiger partial charge in [0.1, 0.15) is 17.3 Å². The molecule has 1 aromatic heterocycles. The molecule has 1 aliphatic carbocycles. The molecular formula is C28H27FN2O4S. The lowest BCUT2D eigenvalue weighted by Crippen LogP contribution is -2.14. The molecule has 3 aromatic carbocycles. The van der Waals surface area contributed by atoms with Crippen LogP contribution in [0.4, 0.5) is 4.39 Å². The van der Waals surface area contributed by atoms with Crippen molar-refractivity contribution in [3.63, 3.8) is 0 Å². The molecule has 5 rings (SSSR count). The molecule has 0 unspecified atom stereocenters. The Morgan fingerprint density at radius 1 is 1.00 bits per heavy atom. The molecule has 0 radical (unpaired) electrons. The number of benzene rings is 3. The summed E-state index contributed by atoms with van der Waals surface area (Å²) < 4.78 is 47.5. The second kappa shape index (κ2) is 9.85. The molecule has 6 nitrogen and oxygen atoms in total. The smallest absolute Gasteiger partial charge is 0.280 e. The second-order valence-electron chi connectivity index (χ2n) is 9.46. The lowest BCUT2D eigenvalue weighted by atomic mass is 10.1. The van der Waals surface area contributed by atoms with Gasteiger partial charge in [-0.05, 0) is 79.8 Å². The molecule has 0 bridgehead atoms. The van der Waals surface area contributed by atoms with Crippen molar-refractivity contribution in [2.24, 2.45) is 5.92 Å². The maximum absolute atomic E-state index is 14.4. The van der Waals surface area contributed by atoms with E-state index in [9.17, 15) is 17.6 Å². The third-order valence-electron chi connectivity index (χ3n) is 6.72. The number of sulfone groups is 1. The van der Waals surface area contributed by atoms with E-state index in [0.29, 0.717) is 28.0 Å². The Morgan fingerprint density at radius 3 is 2.44 bits per heavy atom. The Labute approximate surface area is 209 Å². The number of aryl methyl sites for hydroxylation is 1. The first kappa shape index (κ1) is 24.2. The maximum Gasteiger partial charge on any atom is 0.280 e. The maximum atomic E-state index is 14.4. The Hall–Kier alpha value is -3.52. The fourth-order valence-corrected chi connectivity index (χ4v) is 6.48. The minimum Gasteiger partial charge on any atom is -0.457 e. The third kappa shape index (κ3) is 5.18. The van der Waals surface area contributed by atoms with Crippen LogP contribution < -0.4 is 10.3 Å². The van der Waals surface area contributed by atoms with Gasteiger partial charge in [-0.2, -0.15) is 4.98 Å². The van der Waals surface area contributed by atoms with Gasteiger partial charge in [0.2, 0.25) is 0 Å². The molecule has 1 fully saturated rings. The molecule has 36 heavy (non-hydrogen) atoms. The average Bonchev–Trinajstić information content (AvgIpc) is 3.35. The summed E-state index contributed by atoms with van der Waals surface area (Å²) in [6.45, 7) is 2.06. The van der Waals surface area contributed by atoms with E-state index >= 15 is 0 Å². The summed E-state index contributed by atoms with van der Waals surface area (Å²) in [7, 11) is -3.34. The van der Waals surface area contributed by atoms with Gasteiger partial charge in [0, 0.05) is 5.56 Å². The van der Waals surface area contributed by atoms with Crippen LogP contribution in [-0.4, -0.2) is 23.7 Å². The minimum atomic E-state index is -3.34. The molecule has 0 atom stereocenters. The highest BCUT2D eigenvalue weighted by Gasteiger charge is 2.24. The molecule has 0 N–H and O–H groups in total. The summed E-state index contributed by atoms with van der Waals surface area (Å²) in [6, 6.07) is 16.5. The number of ether oxygens (including phenoxy) is 1. The van der Waals surface area contributed by atoms with E-state index in [-0.39, 0.29) is 28.9 Å². The van der Waals surface area contributed by atoms with Gasteiger partial charge < -0.3 is 9.30 Å². The largest absolute Gasteiger partial charge is 0.457 e. The summed E-state index contributed by atoms with van der Waals surface area (Å²) >= 11 is 0. The second-order valence-corrected chi connectivity index (χ2v) is 11.5. The van der Waals surface area contributed by atoms with Crippen LogP contribution in [-0.2, 0) is 16.4 Å². The van der Waals surface area contributed by atoms with E-state index in [0.717, 1.165) is 31.2 Å². The molecule has 0 saturated heterocycles. The minimum absolute atomic E-state index is 0.184. The standard InChI is InChI=1S/C28H27FN2O4S/c1-19-6-7-21(26(29)14-19)16-31-18-30-28(32)25-15-23(10-13-27(25)31)35-22-8-11-24(12-9-22)36(33,34)17-20-4-2-3-5-20/h6-15,18,20H,2-5,16-17H2,1H3. The van der Waals surface area contributed by atoms with E-state index in [1.807, 2.05) is 13.0 Å². The zero-order chi connectivity index (χ0) is 25.3. The Morgan fingerprint density at radius 2 is 1.72 bits per heavy atom. The topological polar surface area (TPSA) is 78.3 Å². The van der Waals surface area contributed by atoms with Gasteiger partial charge in [0.05, 0.1) is 34.4 Å². The van der Waals surface area contributed by atoms with E-state index in [1.54, 1.807) is 53.1 Å². The van der Waals surface area contributed by atoms with Crippen molar-refractivity contribution in [3.8, 4) is 11.5 Å². The third-order valence-corrected chi connectivity index (χ3v) is 8.62. The summed E-state index contributed by atoms with van der Waals surface area (Å²) in [5.41, 5.74) is 1.52. The van der Waals surface area contributed by atoms with E-state index in [2.05, 4.69) is 4.98 Å². The highest BCUT2D eigenvalue weighted by atomic mass is 32.2. The zero-order valence-corrected chi connectivity index (χ0v) is 20.8. The van der Waals surface area contributed by atoms with Crippen molar-refractivity contribution < 1.29 is 17.5 Å². The number of rotatable bonds is 7. The zero-order valence-electron chi connectivity index (χ0n) is 20.0. The van der Waals surface area contributed by atoms with Gasteiger partial charge in [-0.25, -0.2) is 12.8 Å². The Bertz CT molecular complexity index is 1570. The molecule has 4 aromatic rings. The van der Waals surface area contributed by atoms with Crippen LogP contribution in [0.25, 0.3) is 10.9 Å². The van der Waals surface area contributed by atoms with Crippen LogP contribution in [0, 0.1) is 18.7 Å². The highest BCUT2D eigenvalue weighted by Crippen LogP contribution is 2.30. The van der Waals surface area contributed by atoms with Crippen molar-refractivity contribution in [1.29, 1.82) is 0 Å². The quantitative estimate of drug-likeness (QED) is 0.324. The van der Waals surface area contributed by atoms with Crippen molar-refractivity contribution in [2.75, 3.05) is 5.75 Å². The highest BCUT2D eigenvalue weighted by molar-refractivity contribution is 7.91. The molecule has 1 heterocycles. The van der Waals surface area contributed by atoms with Crippen molar-refractivity contribution in [1.82, 2.24) is 9.55 Å². The first-order chi connectivity index (χ1) is 17.3. The van der Waals surface area contributed by atoms with Gasteiger partial charge in [-0.3, -0.25) is 4.79 Å². The lowest BCUT2D eigenvalue weighted by Gasteiger charge is -2.13. The Kier molecular flexibility index (Phi) is 6.62. The molecule has 1 saturated carbocycles. The molecular weight excluding hydrogens is 479 g/mol. The number of fused-ring (bicyclic) bond motifs is 1. The summed E-state index contributed by atoms with van der Waals surface area (Å²) in [4.78, 5) is 16.7. The van der Waals surface area contributed by atoms with Crippen LogP contribution in [0.2, 0.25) is 0 Å². The van der Waals surface area contributed by atoms with Gasteiger partial charge >= 0.3 is 0 Å². The van der Waals surface area contributed by atoms with E-state index in [4.69, 9.17) is 4.74 Å². The molecule has 1 aliphatic rings. The van der Waals surface area contributed by atoms with Crippen LogP contribution >= 0.6 is 0 Å². The van der Waals surface area contributed by atoms with Gasteiger partial charge in [0.15, 0.2) is 9.84 Å². The molecule has 0 amide bonds. The first-order valence-electron chi connectivity index (χ1n) is 12.0. The summed E-state index contributed by atoms with van der Waals surface area (Å²) in [6.07, 6.45) is 5.55. The van der Waals surface area contributed by atoms with Crippen LogP contribution in [0.5, 0.6) is 11.5 Å². The van der Waals surface area contributed by atoms with Gasteiger partial charge in [0.25, 0.3) is 5.56 Å². The molecule has 0 spiro atoms. The predicted octanol–water partition coefficient (Wildman–Crippen LogP) is 5.65. The summed E-state index contributed by atoms with van der Waals surface area (Å²) in [5, 5.41) is 0.346. The van der Waals surface area contributed by atoms with E-state index in [1.165, 1.54) is 12.4 Å². The fraction of sp³-hybridized carbons (Fsp3) is 0.286. The monoisotopic (exact) mass is 506 g/mol. The number of aromatic nitrogens is 2. The normalized spacial score (nSPS) is 14.4.